The summed E-state index contributed by atoms with van der Waals surface area (Å²) >= 11 is 0. The van der Waals surface area contributed by atoms with Crippen LogP contribution >= 0.6 is 0 Å². The molecule has 0 radical (unpaired) electrons. The fourth-order valence-corrected chi connectivity index (χ4v) is 3.81. The van der Waals surface area contributed by atoms with E-state index in [-0.39, 0.29) is 23.5 Å². The largest absolute Gasteiger partial charge is 0.325 e. The van der Waals surface area contributed by atoms with E-state index in [2.05, 4.69) is 10.6 Å². The Labute approximate surface area is 113 Å². The molecule has 2 N–H and O–H groups in total. The maximum absolute atomic E-state index is 11.9. The van der Waals surface area contributed by atoms with Crippen LogP contribution < -0.4 is 10.6 Å². The van der Waals surface area contributed by atoms with Gasteiger partial charge in [0.05, 0.1) is 17.5 Å². The molecule has 1 aromatic rings. The van der Waals surface area contributed by atoms with E-state index in [9.17, 15) is 13.2 Å². The highest BCUT2D eigenvalue weighted by Gasteiger charge is 2.29. The topological polar surface area (TPSA) is 75.3 Å². The van der Waals surface area contributed by atoms with Crippen molar-refractivity contribution in [1.82, 2.24) is 5.32 Å². The van der Waals surface area contributed by atoms with Crippen LogP contribution in [0.5, 0.6) is 0 Å². The van der Waals surface area contributed by atoms with E-state index in [1.807, 2.05) is 30.3 Å². The van der Waals surface area contributed by atoms with Crippen LogP contribution in [0.25, 0.3) is 0 Å². The first-order valence-corrected chi connectivity index (χ1v) is 8.11. The number of benzene rings is 1. The molecule has 6 heteroatoms. The Morgan fingerprint density at radius 3 is 2.58 bits per heavy atom. The monoisotopic (exact) mass is 282 g/mol. The number of carbonyl (C=O) groups excluding carboxylic acids is 1. The van der Waals surface area contributed by atoms with Crippen LogP contribution in [0.1, 0.15) is 13.3 Å². The summed E-state index contributed by atoms with van der Waals surface area (Å²) < 4.78 is 22.7. The molecule has 2 unspecified atom stereocenters. The van der Waals surface area contributed by atoms with E-state index in [0.29, 0.717) is 6.42 Å². The van der Waals surface area contributed by atoms with Crippen molar-refractivity contribution in [3.8, 4) is 0 Å². The average Bonchev–Trinajstić information content (AvgIpc) is 2.70. The fraction of sp³-hybridized carbons (Fsp3) is 0.462. The van der Waals surface area contributed by atoms with Gasteiger partial charge in [-0.1, -0.05) is 18.2 Å². The molecule has 104 valence electrons. The molecule has 1 aliphatic rings. The lowest BCUT2D eigenvalue weighted by atomic mass is 10.2. The maximum Gasteiger partial charge on any atom is 0.241 e. The number of amides is 1. The predicted molar refractivity (Wildman–Crippen MR) is 74.7 cm³/mol. The van der Waals surface area contributed by atoms with Gasteiger partial charge < -0.3 is 10.6 Å². The molecule has 0 spiro atoms. The smallest absolute Gasteiger partial charge is 0.241 e. The van der Waals surface area contributed by atoms with Crippen LogP contribution in [0.2, 0.25) is 0 Å². The second-order valence-corrected chi connectivity index (χ2v) is 7.07. The Bertz CT molecular complexity index is 542. The van der Waals surface area contributed by atoms with E-state index in [4.69, 9.17) is 0 Å². The van der Waals surface area contributed by atoms with Gasteiger partial charge in [-0.25, -0.2) is 8.42 Å². The van der Waals surface area contributed by atoms with Crippen molar-refractivity contribution in [1.29, 1.82) is 0 Å². The first-order valence-electron chi connectivity index (χ1n) is 6.29. The third kappa shape index (κ3) is 4.04. The van der Waals surface area contributed by atoms with Crippen LogP contribution in [-0.2, 0) is 14.6 Å². The summed E-state index contributed by atoms with van der Waals surface area (Å²) in [5.74, 6) is 0.170. The minimum atomic E-state index is -2.92. The quantitative estimate of drug-likeness (QED) is 0.856. The molecule has 1 heterocycles. The van der Waals surface area contributed by atoms with Crippen molar-refractivity contribution in [3.05, 3.63) is 30.3 Å². The van der Waals surface area contributed by atoms with Gasteiger partial charge >= 0.3 is 0 Å². The predicted octanol–water partition coefficient (Wildman–Crippen LogP) is 0.790. The van der Waals surface area contributed by atoms with E-state index >= 15 is 0 Å². The zero-order chi connectivity index (χ0) is 13.9. The minimum absolute atomic E-state index is 0.121. The number of carbonyl (C=O) groups is 1. The maximum atomic E-state index is 11.9. The second kappa shape index (κ2) is 5.71. The highest BCUT2D eigenvalue weighted by molar-refractivity contribution is 7.91. The van der Waals surface area contributed by atoms with Gasteiger partial charge in [0.1, 0.15) is 0 Å². The van der Waals surface area contributed by atoms with Crippen molar-refractivity contribution < 1.29 is 13.2 Å². The third-order valence-corrected chi connectivity index (χ3v) is 4.92. The molecule has 1 aromatic carbocycles. The third-order valence-electron chi connectivity index (χ3n) is 3.15. The number of hydrogen-bond donors (Lipinski definition) is 2. The first-order chi connectivity index (χ1) is 8.96. The fourth-order valence-electron chi connectivity index (χ4n) is 2.13. The first kappa shape index (κ1) is 14.0. The van der Waals surface area contributed by atoms with Crippen LogP contribution in [0, 0.1) is 0 Å². The molecule has 1 saturated heterocycles. The molecular weight excluding hydrogens is 264 g/mol. The Morgan fingerprint density at radius 1 is 1.32 bits per heavy atom. The van der Waals surface area contributed by atoms with Gasteiger partial charge in [0, 0.05) is 11.7 Å². The summed E-state index contributed by atoms with van der Waals surface area (Å²) in [6.45, 7) is 1.74. The van der Waals surface area contributed by atoms with Crippen molar-refractivity contribution in [3.63, 3.8) is 0 Å². The molecule has 0 aliphatic carbocycles. The number of anilines is 1. The summed E-state index contributed by atoms with van der Waals surface area (Å²) in [4.78, 5) is 11.9. The highest BCUT2D eigenvalue weighted by Crippen LogP contribution is 2.12. The van der Waals surface area contributed by atoms with Crippen LogP contribution in [0.15, 0.2) is 30.3 Å². The second-order valence-electron chi connectivity index (χ2n) is 4.84. The SMILES string of the molecule is CC(NC1CCS(=O)(=O)C1)C(=O)Nc1ccccc1. The van der Waals surface area contributed by atoms with Crippen molar-refractivity contribution in [2.75, 3.05) is 16.8 Å². The number of sulfone groups is 1. The van der Waals surface area contributed by atoms with Crippen molar-refractivity contribution in [2.45, 2.75) is 25.4 Å². The molecule has 5 nitrogen and oxygen atoms in total. The van der Waals surface area contributed by atoms with Crippen molar-refractivity contribution >= 4 is 21.4 Å². The summed E-state index contributed by atoms with van der Waals surface area (Å²) in [6.07, 6.45) is 0.575. The lowest BCUT2D eigenvalue weighted by molar-refractivity contribution is -0.117. The van der Waals surface area contributed by atoms with Crippen LogP contribution in [0.3, 0.4) is 0 Å². The van der Waals surface area contributed by atoms with E-state index in [0.717, 1.165) is 5.69 Å². The zero-order valence-corrected chi connectivity index (χ0v) is 11.6. The Hall–Kier alpha value is -1.40. The highest BCUT2D eigenvalue weighted by atomic mass is 32.2. The minimum Gasteiger partial charge on any atom is -0.325 e. The Kier molecular flexibility index (Phi) is 4.21. The zero-order valence-electron chi connectivity index (χ0n) is 10.8. The van der Waals surface area contributed by atoms with Gasteiger partial charge in [0.25, 0.3) is 0 Å². The molecule has 1 aliphatic heterocycles. The van der Waals surface area contributed by atoms with Gasteiger partial charge in [-0.3, -0.25) is 4.79 Å². The molecule has 19 heavy (non-hydrogen) atoms. The van der Waals surface area contributed by atoms with Gasteiger partial charge in [0.15, 0.2) is 9.84 Å². The summed E-state index contributed by atoms with van der Waals surface area (Å²) in [7, 11) is -2.92. The number of para-hydroxylation sites is 1. The molecule has 1 amide bonds. The normalized spacial score (nSPS) is 22.9. The van der Waals surface area contributed by atoms with Gasteiger partial charge in [-0.2, -0.15) is 0 Å². The summed E-state index contributed by atoms with van der Waals surface area (Å²) in [5, 5.41) is 5.85. The van der Waals surface area contributed by atoms with E-state index < -0.39 is 15.9 Å². The standard InChI is InChI=1S/C13H18N2O3S/c1-10(14-12-7-8-19(17,18)9-12)13(16)15-11-5-3-2-4-6-11/h2-6,10,12,14H,7-9H2,1H3,(H,15,16). The molecule has 1 fully saturated rings. The molecule has 0 bridgehead atoms. The summed E-state index contributed by atoms with van der Waals surface area (Å²) in [6, 6.07) is 8.64. The molecular formula is C13H18N2O3S. The number of nitrogens with one attached hydrogen (secondary N) is 2. The van der Waals surface area contributed by atoms with Gasteiger partial charge in [0.2, 0.25) is 5.91 Å². The van der Waals surface area contributed by atoms with Gasteiger partial charge in [-0.15, -0.1) is 0 Å². The van der Waals surface area contributed by atoms with Crippen LogP contribution in [-0.4, -0.2) is 37.9 Å². The molecule has 0 saturated carbocycles. The lowest BCUT2D eigenvalue weighted by Crippen LogP contribution is -2.44. The molecule has 0 aromatic heterocycles. The van der Waals surface area contributed by atoms with Crippen molar-refractivity contribution in [2.24, 2.45) is 0 Å². The van der Waals surface area contributed by atoms with Gasteiger partial charge in [-0.05, 0) is 25.5 Å². The number of rotatable bonds is 4. The summed E-state index contributed by atoms with van der Waals surface area (Å²) in [5.41, 5.74) is 0.736. The van der Waals surface area contributed by atoms with E-state index in [1.165, 1.54) is 0 Å². The lowest BCUT2D eigenvalue weighted by Gasteiger charge is -2.18. The average molecular weight is 282 g/mol. The molecule has 2 atom stereocenters. The van der Waals surface area contributed by atoms with E-state index in [1.54, 1.807) is 6.92 Å². The van der Waals surface area contributed by atoms with Crippen LogP contribution in [0.4, 0.5) is 5.69 Å². The Morgan fingerprint density at radius 2 is 2.00 bits per heavy atom. The number of hydrogen-bond acceptors (Lipinski definition) is 4. The molecule has 2 rings (SSSR count). The Balaban J connectivity index is 1.86.